The summed E-state index contributed by atoms with van der Waals surface area (Å²) in [5.74, 6) is 0. The van der Waals surface area contributed by atoms with Crippen LogP contribution in [0.15, 0.2) is 22.7 Å². The highest BCUT2D eigenvalue weighted by Gasteiger charge is 2.07. The van der Waals surface area contributed by atoms with Crippen molar-refractivity contribution in [1.29, 1.82) is 0 Å². The van der Waals surface area contributed by atoms with Gasteiger partial charge in [-0.15, -0.1) is 0 Å². The second-order valence-electron chi connectivity index (χ2n) is 3.82. The van der Waals surface area contributed by atoms with Gasteiger partial charge in [-0.2, -0.15) is 0 Å². The van der Waals surface area contributed by atoms with Crippen molar-refractivity contribution in [1.82, 2.24) is 10.2 Å². The number of nitrogens with zero attached hydrogens (tertiary/aromatic N) is 1. The number of carbonyl (C=O) groups is 1. The monoisotopic (exact) mass is 318 g/mol. The third-order valence-corrected chi connectivity index (χ3v) is 3.20. The quantitative estimate of drug-likeness (QED) is 0.902. The van der Waals surface area contributed by atoms with Crippen LogP contribution >= 0.6 is 27.5 Å². The van der Waals surface area contributed by atoms with Gasteiger partial charge in [0.25, 0.3) is 0 Å². The predicted molar refractivity (Wildman–Crippen MR) is 74.3 cm³/mol. The number of hydrogen-bond donors (Lipinski definition) is 1. The van der Waals surface area contributed by atoms with E-state index in [9.17, 15) is 4.79 Å². The molecule has 0 atom stereocenters. The van der Waals surface area contributed by atoms with E-state index in [2.05, 4.69) is 21.2 Å². The number of halogens is 2. The van der Waals surface area contributed by atoms with Crippen LogP contribution in [0.3, 0.4) is 0 Å². The molecule has 0 unspecified atom stereocenters. The Balaban J connectivity index is 2.53. The van der Waals surface area contributed by atoms with Crippen molar-refractivity contribution in [2.24, 2.45) is 0 Å². The van der Waals surface area contributed by atoms with Crippen LogP contribution in [0.4, 0.5) is 4.79 Å². The molecule has 1 aromatic carbocycles. The van der Waals surface area contributed by atoms with Gasteiger partial charge < -0.3 is 10.2 Å². The molecule has 0 fully saturated rings. The molecule has 3 nitrogen and oxygen atoms in total. The third-order valence-electron chi connectivity index (χ3n) is 2.35. The summed E-state index contributed by atoms with van der Waals surface area (Å²) >= 11 is 9.40. The first kappa shape index (κ1) is 14.3. The van der Waals surface area contributed by atoms with E-state index in [0.717, 1.165) is 23.0 Å². The maximum Gasteiger partial charge on any atom is 0.317 e. The standard InChI is InChI=1S/C12H16BrClN2O/c1-3-6-16(2)12(17)15-8-9-4-5-10(13)7-11(9)14/h4-5,7H,3,6,8H2,1-2H3,(H,15,17). The molecule has 1 N–H and O–H groups in total. The lowest BCUT2D eigenvalue weighted by Crippen LogP contribution is -2.37. The first-order valence-corrected chi connectivity index (χ1v) is 6.64. The van der Waals surface area contributed by atoms with Crippen LogP contribution in [0.25, 0.3) is 0 Å². The molecule has 0 aliphatic rings. The van der Waals surface area contributed by atoms with Crippen LogP contribution in [0, 0.1) is 0 Å². The number of benzene rings is 1. The second-order valence-corrected chi connectivity index (χ2v) is 5.14. The van der Waals surface area contributed by atoms with Gasteiger partial charge in [-0.1, -0.05) is 40.5 Å². The number of carbonyl (C=O) groups excluding carboxylic acids is 1. The minimum absolute atomic E-state index is 0.0779. The van der Waals surface area contributed by atoms with Crippen molar-refractivity contribution in [2.45, 2.75) is 19.9 Å². The second kappa shape index (κ2) is 6.87. The number of nitrogens with one attached hydrogen (secondary N) is 1. The molecule has 0 aliphatic carbocycles. The zero-order chi connectivity index (χ0) is 12.8. The van der Waals surface area contributed by atoms with Crippen molar-refractivity contribution in [3.8, 4) is 0 Å². The molecule has 0 heterocycles. The Bertz CT molecular complexity index is 398. The van der Waals surface area contributed by atoms with Gasteiger partial charge in [0, 0.05) is 29.6 Å². The summed E-state index contributed by atoms with van der Waals surface area (Å²) in [6, 6.07) is 5.54. The Morgan fingerprint density at radius 2 is 2.24 bits per heavy atom. The van der Waals surface area contributed by atoms with Crippen molar-refractivity contribution < 1.29 is 4.79 Å². The zero-order valence-electron chi connectivity index (χ0n) is 9.96. The maximum atomic E-state index is 11.6. The molecule has 0 aromatic heterocycles. The zero-order valence-corrected chi connectivity index (χ0v) is 12.3. The number of amides is 2. The SMILES string of the molecule is CCCN(C)C(=O)NCc1ccc(Br)cc1Cl. The fourth-order valence-corrected chi connectivity index (χ4v) is 2.15. The Morgan fingerprint density at radius 3 is 2.82 bits per heavy atom. The summed E-state index contributed by atoms with van der Waals surface area (Å²) in [7, 11) is 1.78. The lowest BCUT2D eigenvalue weighted by atomic mass is 10.2. The number of urea groups is 1. The van der Waals surface area contributed by atoms with Crippen LogP contribution in [0.1, 0.15) is 18.9 Å². The molecule has 0 radical (unpaired) electrons. The number of hydrogen-bond acceptors (Lipinski definition) is 1. The van der Waals surface area contributed by atoms with Gasteiger partial charge in [-0.05, 0) is 24.1 Å². The van der Waals surface area contributed by atoms with Crippen LogP contribution in [0.2, 0.25) is 5.02 Å². The largest absolute Gasteiger partial charge is 0.334 e. The molecule has 2 amide bonds. The fraction of sp³-hybridized carbons (Fsp3) is 0.417. The van der Waals surface area contributed by atoms with Crippen molar-refractivity contribution in [3.63, 3.8) is 0 Å². The Morgan fingerprint density at radius 1 is 1.53 bits per heavy atom. The first-order chi connectivity index (χ1) is 8.04. The molecular weight excluding hydrogens is 304 g/mol. The Hall–Kier alpha value is -0.740. The van der Waals surface area contributed by atoms with Gasteiger partial charge in [-0.25, -0.2) is 4.79 Å². The fourth-order valence-electron chi connectivity index (χ4n) is 1.41. The maximum absolute atomic E-state index is 11.6. The van der Waals surface area contributed by atoms with Gasteiger partial charge in [0.2, 0.25) is 0 Å². The van der Waals surface area contributed by atoms with E-state index in [4.69, 9.17) is 11.6 Å². The average molecular weight is 320 g/mol. The van der Waals surface area contributed by atoms with Crippen LogP contribution in [-0.4, -0.2) is 24.5 Å². The van der Waals surface area contributed by atoms with Gasteiger partial charge in [0.1, 0.15) is 0 Å². The molecule has 0 saturated heterocycles. The minimum atomic E-state index is -0.0779. The normalized spacial score (nSPS) is 10.1. The topological polar surface area (TPSA) is 32.3 Å². The molecule has 5 heteroatoms. The molecule has 1 aromatic rings. The van der Waals surface area contributed by atoms with E-state index in [0.29, 0.717) is 11.6 Å². The lowest BCUT2D eigenvalue weighted by Gasteiger charge is -2.17. The van der Waals surface area contributed by atoms with E-state index in [1.165, 1.54) is 0 Å². The van der Waals surface area contributed by atoms with Crippen LogP contribution in [0.5, 0.6) is 0 Å². The smallest absolute Gasteiger partial charge is 0.317 e. The van der Waals surface area contributed by atoms with E-state index >= 15 is 0 Å². The van der Waals surface area contributed by atoms with Gasteiger partial charge in [0.05, 0.1) is 0 Å². The van der Waals surface area contributed by atoms with Crippen molar-refractivity contribution in [3.05, 3.63) is 33.3 Å². The molecule has 0 aliphatic heterocycles. The van der Waals surface area contributed by atoms with Crippen molar-refractivity contribution in [2.75, 3.05) is 13.6 Å². The third kappa shape index (κ3) is 4.56. The predicted octanol–water partition coefficient (Wildman–Crippen LogP) is 3.65. The minimum Gasteiger partial charge on any atom is -0.334 e. The van der Waals surface area contributed by atoms with E-state index in [1.807, 2.05) is 25.1 Å². The Kier molecular flexibility index (Phi) is 5.78. The first-order valence-electron chi connectivity index (χ1n) is 5.47. The summed E-state index contributed by atoms with van der Waals surface area (Å²) in [5, 5.41) is 3.48. The number of rotatable bonds is 4. The van der Waals surface area contributed by atoms with E-state index < -0.39 is 0 Å². The van der Waals surface area contributed by atoms with Gasteiger partial charge in [-0.3, -0.25) is 0 Å². The van der Waals surface area contributed by atoms with E-state index in [-0.39, 0.29) is 6.03 Å². The summed E-state index contributed by atoms with van der Waals surface area (Å²) < 4.78 is 0.931. The summed E-state index contributed by atoms with van der Waals surface area (Å²) in [5.41, 5.74) is 0.910. The van der Waals surface area contributed by atoms with E-state index in [1.54, 1.807) is 11.9 Å². The van der Waals surface area contributed by atoms with Crippen LogP contribution in [-0.2, 0) is 6.54 Å². The molecule has 94 valence electrons. The molecular formula is C12H16BrClN2O. The lowest BCUT2D eigenvalue weighted by molar-refractivity contribution is 0.208. The molecule has 0 bridgehead atoms. The molecule has 17 heavy (non-hydrogen) atoms. The average Bonchev–Trinajstić information content (AvgIpc) is 2.27. The molecule has 0 spiro atoms. The highest BCUT2D eigenvalue weighted by atomic mass is 79.9. The molecule has 1 rings (SSSR count). The van der Waals surface area contributed by atoms with Crippen molar-refractivity contribution >= 4 is 33.6 Å². The summed E-state index contributed by atoms with van der Waals surface area (Å²) in [6.07, 6.45) is 0.947. The van der Waals surface area contributed by atoms with Gasteiger partial charge in [0.15, 0.2) is 0 Å². The van der Waals surface area contributed by atoms with Gasteiger partial charge >= 0.3 is 6.03 Å². The Labute approximate surface area is 115 Å². The summed E-state index contributed by atoms with van der Waals surface area (Å²) in [4.78, 5) is 13.3. The van der Waals surface area contributed by atoms with Crippen LogP contribution < -0.4 is 5.32 Å². The highest BCUT2D eigenvalue weighted by molar-refractivity contribution is 9.10. The summed E-state index contributed by atoms with van der Waals surface area (Å²) in [6.45, 7) is 3.23. The highest BCUT2D eigenvalue weighted by Crippen LogP contribution is 2.21. The molecule has 0 saturated carbocycles.